The Morgan fingerprint density at radius 1 is 1.47 bits per heavy atom. The molecule has 1 aliphatic carbocycles. The van der Waals surface area contributed by atoms with Gasteiger partial charge in [0.1, 0.15) is 0 Å². The van der Waals surface area contributed by atoms with E-state index in [1.54, 1.807) is 6.92 Å². The maximum absolute atomic E-state index is 12.3. The van der Waals surface area contributed by atoms with E-state index < -0.39 is 18.0 Å². The zero-order valence-electron chi connectivity index (χ0n) is 8.12. The van der Waals surface area contributed by atoms with Crippen LogP contribution in [-0.2, 0) is 6.18 Å². The summed E-state index contributed by atoms with van der Waals surface area (Å²) in [5, 5.41) is 12.6. The van der Waals surface area contributed by atoms with Crippen molar-refractivity contribution in [3.05, 3.63) is 17.5 Å². The fraction of sp³-hybridized carbons (Fsp3) is 0.667. The van der Waals surface area contributed by atoms with E-state index in [4.69, 9.17) is 5.11 Å². The minimum absolute atomic E-state index is 0.0869. The van der Waals surface area contributed by atoms with Crippen LogP contribution in [0.25, 0.3) is 0 Å². The second kappa shape index (κ2) is 3.23. The Morgan fingerprint density at radius 2 is 2.07 bits per heavy atom. The first kappa shape index (κ1) is 10.5. The average Bonchev–Trinajstić information content (AvgIpc) is 2.41. The van der Waals surface area contributed by atoms with Crippen molar-refractivity contribution in [1.29, 1.82) is 0 Å². The van der Waals surface area contributed by atoms with Gasteiger partial charge in [-0.15, -0.1) is 0 Å². The number of alkyl halides is 3. The summed E-state index contributed by atoms with van der Waals surface area (Å²) in [5.41, 5.74) is -0.374. The molecular formula is C9H11F3N2O. The van der Waals surface area contributed by atoms with Gasteiger partial charge in [0.05, 0.1) is 12.1 Å². The molecule has 1 heterocycles. The number of hydrogen-bond acceptors (Lipinski definition) is 2. The highest BCUT2D eigenvalue weighted by Crippen LogP contribution is 2.35. The van der Waals surface area contributed by atoms with Crippen LogP contribution in [0.4, 0.5) is 13.2 Å². The highest BCUT2D eigenvalue weighted by Gasteiger charge is 2.37. The molecule has 1 N–H and O–H groups in total. The van der Waals surface area contributed by atoms with E-state index in [1.165, 1.54) is 4.68 Å². The summed E-state index contributed by atoms with van der Waals surface area (Å²) in [4.78, 5) is 0. The van der Waals surface area contributed by atoms with Crippen molar-refractivity contribution in [2.75, 3.05) is 0 Å². The zero-order valence-corrected chi connectivity index (χ0v) is 8.12. The number of aliphatic hydroxyl groups is 1. The third kappa shape index (κ3) is 1.86. The monoisotopic (exact) mass is 220 g/mol. The van der Waals surface area contributed by atoms with Crippen molar-refractivity contribution >= 4 is 0 Å². The molecule has 3 nitrogen and oxygen atoms in total. The molecule has 0 atom stereocenters. The lowest BCUT2D eigenvalue weighted by Gasteiger charge is -2.32. The van der Waals surface area contributed by atoms with E-state index in [9.17, 15) is 13.2 Å². The average molecular weight is 220 g/mol. The van der Waals surface area contributed by atoms with Crippen molar-refractivity contribution in [3.63, 3.8) is 0 Å². The number of hydrogen-bond donors (Lipinski definition) is 1. The van der Waals surface area contributed by atoms with E-state index in [-0.39, 0.29) is 6.04 Å². The molecule has 1 aromatic heterocycles. The number of aromatic nitrogens is 2. The lowest BCUT2D eigenvalue weighted by Crippen LogP contribution is -2.32. The van der Waals surface area contributed by atoms with Gasteiger partial charge in [0, 0.05) is 5.69 Å². The molecule has 0 amide bonds. The fourth-order valence-corrected chi connectivity index (χ4v) is 1.75. The van der Waals surface area contributed by atoms with E-state index in [1.807, 2.05) is 0 Å². The Balaban J connectivity index is 2.23. The van der Waals surface area contributed by atoms with Gasteiger partial charge in [-0.2, -0.15) is 18.3 Å². The predicted molar refractivity (Wildman–Crippen MR) is 46.2 cm³/mol. The van der Waals surface area contributed by atoms with Crippen LogP contribution in [0.15, 0.2) is 6.07 Å². The van der Waals surface area contributed by atoms with Crippen LogP contribution < -0.4 is 0 Å². The second-order valence-corrected chi connectivity index (χ2v) is 3.89. The predicted octanol–water partition coefficient (Wildman–Crippen LogP) is 1.91. The summed E-state index contributed by atoms with van der Waals surface area (Å²) in [5.74, 6) is 0. The number of rotatable bonds is 1. The van der Waals surface area contributed by atoms with Gasteiger partial charge in [-0.1, -0.05) is 0 Å². The Labute approximate surface area is 84.5 Å². The van der Waals surface area contributed by atoms with E-state index in [0.29, 0.717) is 18.5 Å². The van der Waals surface area contributed by atoms with Crippen molar-refractivity contribution < 1.29 is 18.3 Å². The summed E-state index contributed by atoms with van der Waals surface area (Å²) < 4.78 is 38.3. The number of aliphatic hydroxyl groups excluding tert-OH is 1. The molecule has 0 aliphatic heterocycles. The van der Waals surface area contributed by atoms with Gasteiger partial charge in [0.25, 0.3) is 0 Å². The molecule has 1 aliphatic rings. The maximum Gasteiger partial charge on any atom is 0.435 e. The molecule has 0 bridgehead atoms. The lowest BCUT2D eigenvalue weighted by atomic mass is 9.89. The van der Waals surface area contributed by atoms with Gasteiger partial charge >= 0.3 is 6.18 Å². The van der Waals surface area contributed by atoms with Crippen LogP contribution in [0.1, 0.15) is 30.3 Å². The maximum atomic E-state index is 12.3. The molecule has 84 valence electrons. The Bertz CT molecular complexity index is 366. The third-order valence-electron chi connectivity index (χ3n) is 2.65. The standard InChI is InChI=1S/C9H11F3N2O/c1-5-2-8(9(10,11)12)13-14(5)6-3-7(15)4-6/h2,6-7,15H,3-4H2,1H3. The summed E-state index contributed by atoms with van der Waals surface area (Å²) in [6, 6.07) is 0.945. The van der Waals surface area contributed by atoms with Crippen LogP contribution in [0.5, 0.6) is 0 Å². The van der Waals surface area contributed by atoms with Gasteiger partial charge < -0.3 is 5.11 Å². The van der Waals surface area contributed by atoms with Crippen molar-refractivity contribution in [2.45, 2.75) is 38.1 Å². The van der Waals surface area contributed by atoms with Crippen molar-refractivity contribution in [1.82, 2.24) is 9.78 Å². The topological polar surface area (TPSA) is 38.0 Å². The van der Waals surface area contributed by atoms with Gasteiger partial charge in [0.2, 0.25) is 0 Å². The molecule has 0 aromatic carbocycles. The molecule has 1 saturated carbocycles. The van der Waals surface area contributed by atoms with Gasteiger partial charge in [-0.05, 0) is 25.8 Å². The Morgan fingerprint density at radius 3 is 2.47 bits per heavy atom. The molecule has 15 heavy (non-hydrogen) atoms. The first-order valence-corrected chi connectivity index (χ1v) is 4.69. The smallest absolute Gasteiger partial charge is 0.393 e. The molecule has 1 fully saturated rings. The van der Waals surface area contributed by atoms with Gasteiger partial charge in [0.15, 0.2) is 5.69 Å². The van der Waals surface area contributed by atoms with Crippen LogP contribution in [0, 0.1) is 6.92 Å². The van der Waals surface area contributed by atoms with Crippen LogP contribution in [0.3, 0.4) is 0 Å². The summed E-state index contributed by atoms with van der Waals surface area (Å²) in [6.07, 6.45) is -3.81. The minimum Gasteiger partial charge on any atom is -0.393 e. The molecule has 0 unspecified atom stereocenters. The number of aryl methyl sites for hydroxylation is 1. The molecule has 0 saturated heterocycles. The third-order valence-corrected chi connectivity index (χ3v) is 2.65. The molecular weight excluding hydrogens is 209 g/mol. The number of halogens is 3. The molecule has 2 rings (SSSR count). The molecule has 0 radical (unpaired) electrons. The number of nitrogens with zero attached hydrogens (tertiary/aromatic N) is 2. The summed E-state index contributed by atoms with van der Waals surface area (Å²) in [6.45, 7) is 1.59. The van der Waals surface area contributed by atoms with Gasteiger partial charge in [-0.25, -0.2) is 0 Å². The summed E-state index contributed by atoms with van der Waals surface area (Å²) >= 11 is 0. The quantitative estimate of drug-likeness (QED) is 0.785. The second-order valence-electron chi connectivity index (χ2n) is 3.89. The first-order valence-electron chi connectivity index (χ1n) is 4.69. The van der Waals surface area contributed by atoms with Crippen LogP contribution in [-0.4, -0.2) is 21.0 Å². The van der Waals surface area contributed by atoms with Crippen molar-refractivity contribution in [3.8, 4) is 0 Å². The van der Waals surface area contributed by atoms with E-state index in [0.717, 1.165) is 6.07 Å². The largest absolute Gasteiger partial charge is 0.435 e. The summed E-state index contributed by atoms with van der Waals surface area (Å²) in [7, 11) is 0. The van der Waals surface area contributed by atoms with Gasteiger partial charge in [-0.3, -0.25) is 4.68 Å². The molecule has 6 heteroatoms. The van der Waals surface area contributed by atoms with E-state index in [2.05, 4.69) is 5.10 Å². The highest BCUT2D eigenvalue weighted by atomic mass is 19.4. The molecule has 0 spiro atoms. The Kier molecular flexibility index (Phi) is 2.26. The zero-order chi connectivity index (χ0) is 11.2. The normalized spacial score (nSPS) is 26.5. The van der Waals surface area contributed by atoms with Crippen LogP contribution in [0.2, 0.25) is 0 Å². The lowest BCUT2D eigenvalue weighted by molar-refractivity contribution is -0.141. The SMILES string of the molecule is Cc1cc(C(F)(F)F)nn1C1CC(O)C1. The Hall–Kier alpha value is -1.04. The minimum atomic E-state index is -4.39. The van der Waals surface area contributed by atoms with Crippen LogP contribution >= 0.6 is 0 Å². The highest BCUT2D eigenvalue weighted by molar-refractivity contribution is 5.13. The molecule has 1 aromatic rings. The van der Waals surface area contributed by atoms with Crippen molar-refractivity contribution in [2.24, 2.45) is 0 Å². The fourth-order valence-electron chi connectivity index (χ4n) is 1.75. The van der Waals surface area contributed by atoms with E-state index >= 15 is 0 Å². The first-order chi connectivity index (χ1) is 6.88.